The number of nitrogens with one attached hydrogen (secondary N) is 1. The monoisotopic (exact) mass is 287 g/mol. The lowest BCUT2D eigenvalue weighted by Crippen LogP contribution is -2.22. The zero-order chi connectivity index (χ0) is 13.1. The van der Waals surface area contributed by atoms with Gasteiger partial charge in [0.1, 0.15) is 0 Å². The first-order chi connectivity index (χ1) is 9.40. The number of fused-ring (bicyclic) bond motifs is 1. The van der Waals surface area contributed by atoms with E-state index in [1.165, 1.54) is 21.2 Å². The predicted molar refractivity (Wildman–Crippen MR) is 86.3 cm³/mol. The van der Waals surface area contributed by atoms with Gasteiger partial charge in [-0.25, -0.2) is 0 Å². The molecule has 19 heavy (non-hydrogen) atoms. The summed E-state index contributed by atoms with van der Waals surface area (Å²) in [6, 6.07) is 11.4. The molecular weight excluding hydrogens is 270 g/mol. The second-order valence-electron chi connectivity index (χ2n) is 4.63. The van der Waals surface area contributed by atoms with Crippen molar-refractivity contribution in [2.24, 2.45) is 0 Å². The SMILES string of the molecule is CCCNC(c1ccsc1)c1cccc2ccsc12. The van der Waals surface area contributed by atoms with E-state index in [2.05, 4.69) is 58.7 Å². The van der Waals surface area contributed by atoms with Crippen molar-refractivity contribution in [3.63, 3.8) is 0 Å². The smallest absolute Gasteiger partial charge is 0.0599 e. The highest BCUT2D eigenvalue weighted by Crippen LogP contribution is 2.33. The van der Waals surface area contributed by atoms with Gasteiger partial charge in [0.15, 0.2) is 0 Å². The lowest BCUT2D eigenvalue weighted by molar-refractivity contribution is 0.603. The van der Waals surface area contributed by atoms with Crippen molar-refractivity contribution in [3.05, 3.63) is 57.6 Å². The van der Waals surface area contributed by atoms with E-state index in [1.54, 1.807) is 11.3 Å². The van der Waals surface area contributed by atoms with Crippen LogP contribution in [0.5, 0.6) is 0 Å². The van der Waals surface area contributed by atoms with Gasteiger partial charge in [-0.2, -0.15) is 11.3 Å². The summed E-state index contributed by atoms with van der Waals surface area (Å²) in [6.07, 6.45) is 1.15. The fourth-order valence-electron chi connectivity index (χ4n) is 2.38. The third kappa shape index (κ3) is 2.59. The molecule has 3 rings (SSSR count). The van der Waals surface area contributed by atoms with E-state index in [-0.39, 0.29) is 0 Å². The normalized spacial score (nSPS) is 12.9. The minimum Gasteiger partial charge on any atom is -0.306 e. The highest BCUT2D eigenvalue weighted by molar-refractivity contribution is 7.17. The highest BCUT2D eigenvalue weighted by atomic mass is 32.1. The molecular formula is C16H17NS2. The van der Waals surface area contributed by atoms with Crippen molar-refractivity contribution in [2.75, 3.05) is 6.54 Å². The molecule has 0 saturated heterocycles. The maximum atomic E-state index is 3.68. The van der Waals surface area contributed by atoms with E-state index in [4.69, 9.17) is 0 Å². The van der Waals surface area contributed by atoms with Crippen molar-refractivity contribution < 1.29 is 0 Å². The second-order valence-corrected chi connectivity index (χ2v) is 6.33. The molecule has 0 radical (unpaired) electrons. The average molecular weight is 287 g/mol. The fraction of sp³-hybridized carbons (Fsp3) is 0.250. The molecule has 98 valence electrons. The van der Waals surface area contributed by atoms with E-state index in [0.717, 1.165) is 13.0 Å². The molecule has 1 unspecified atom stereocenters. The van der Waals surface area contributed by atoms with Gasteiger partial charge in [0.25, 0.3) is 0 Å². The van der Waals surface area contributed by atoms with E-state index in [0.29, 0.717) is 6.04 Å². The number of thiophene rings is 2. The Morgan fingerprint density at radius 3 is 2.89 bits per heavy atom. The van der Waals surface area contributed by atoms with Gasteiger partial charge in [-0.05, 0) is 57.8 Å². The van der Waals surface area contributed by atoms with Crippen LogP contribution in [0.25, 0.3) is 10.1 Å². The van der Waals surface area contributed by atoms with Gasteiger partial charge < -0.3 is 5.32 Å². The van der Waals surface area contributed by atoms with Crippen LogP contribution in [0, 0.1) is 0 Å². The predicted octanol–water partition coefficient (Wildman–Crippen LogP) is 5.05. The van der Waals surface area contributed by atoms with Gasteiger partial charge in [0, 0.05) is 4.70 Å². The van der Waals surface area contributed by atoms with E-state index >= 15 is 0 Å². The Morgan fingerprint density at radius 2 is 2.11 bits per heavy atom. The lowest BCUT2D eigenvalue weighted by Gasteiger charge is -2.19. The fourth-order valence-corrected chi connectivity index (χ4v) is 4.01. The van der Waals surface area contributed by atoms with Crippen LogP contribution in [0.1, 0.15) is 30.5 Å². The number of hydrogen-bond acceptors (Lipinski definition) is 3. The van der Waals surface area contributed by atoms with Crippen molar-refractivity contribution >= 4 is 32.8 Å². The van der Waals surface area contributed by atoms with Crippen LogP contribution in [0.4, 0.5) is 0 Å². The minimum absolute atomic E-state index is 0.313. The average Bonchev–Trinajstić information content (AvgIpc) is 3.10. The van der Waals surface area contributed by atoms with Crippen LogP contribution in [0.15, 0.2) is 46.5 Å². The second kappa shape index (κ2) is 5.87. The number of hydrogen-bond donors (Lipinski definition) is 1. The van der Waals surface area contributed by atoms with Crippen LogP contribution in [-0.4, -0.2) is 6.54 Å². The summed E-state index contributed by atoms with van der Waals surface area (Å²) in [5, 5.41) is 11.6. The zero-order valence-corrected chi connectivity index (χ0v) is 12.6. The van der Waals surface area contributed by atoms with Gasteiger partial charge >= 0.3 is 0 Å². The van der Waals surface area contributed by atoms with Crippen LogP contribution < -0.4 is 5.32 Å². The quantitative estimate of drug-likeness (QED) is 0.692. The summed E-state index contributed by atoms with van der Waals surface area (Å²) in [4.78, 5) is 0. The first-order valence-electron chi connectivity index (χ1n) is 6.61. The molecule has 0 amide bonds. The third-order valence-corrected chi connectivity index (χ3v) is 4.98. The molecule has 3 heteroatoms. The molecule has 1 nitrogen and oxygen atoms in total. The Balaban J connectivity index is 2.06. The maximum absolute atomic E-state index is 3.68. The van der Waals surface area contributed by atoms with Gasteiger partial charge in [-0.15, -0.1) is 11.3 Å². The van der Waals surface area contributed by atoms with Crippen LogP contribution in [0.2, 0.25) is 0 Å². The molecule has 0 spiro atoms. The number of rotatable bonds is 5. The van der Waals surface area contributed by atoms with Gasteiger partial charge in [-0.1, -0.05) is 25.1 Å². The van der Waals surface area contributed by atoms with Crippen LogP contribution in [-0.2, 0) is 0 Å². The standard InChI is InChI=1S/C16H17NS2/c1-2-8-17-15(13-6-9-18-11-13)14-5-3-4-12-7-10-19-16(12)14/h3-7,9-11,15,17H,2,8H2,1H3. The van der Waals surface area contributed by atoms with Crippen LogP contribution >= 0.6 is 22.7 Å². The molecule has 1 atom stereocenters. The van der Waals surface area contributed by atoms with E-state index < -0.39 is 0 Å². The third-order valence-electron chi connectivity index (χ3n) is 3.30. The van der Waals surface area contributed by atoms with Crippen molar-refractivity contribution in [1.82, 2.24) is 5.32 Å². The van der Waals surface area contributed by atoms with Crippen molar-refractivity contribution in [2.45, 2.75) is 19.4 Å². The maximum Gasteiger partial charge on any atom is 0.0599 e. The molecule has 0 fully saturated rings. The van der Waals surface area contributed by atoms with E-state index in [9.17, 15) is 0 Å². The molecule has 0 aliphatic rings. The zero-order valence-electron chi connectivity index (χ0n) is 10.9. The summed E-state index contributed by atoms with van der Waals surface area (Å²) in [7, 11) is 0. The largest absolute Gasteiger partial charge is 0.306 e. The Bertz CT molecular complexity index is 640. The number of benzene rings is 1. The van der Waals surface area contributed by atoms with Gasteiger partial charge in [-0.3, -0.25) is 0 Å². The first-order valence-corrected chi connectivity index (χ1v) is 8.44. The molecule has 0 aliphatic heterocycles. The molecule has 2 heterocycles. The lowest BCUT2D eigenvalue weighted by atomic mass is 10.00. The molecule has 2 aromatic heterocycles. The topological polar surface area (TPSA) is 12.0 Å². The Hall–Kier alpha value is -1.16. The minimum atomic E-state index is 0.313. The van der Waals surface area contributed by atoms with Crippen molar-refractivity contribution in [3.8, 4) is 0 Å². The first kappa shape index (κ1) is 12.9. The summed E-state index contributed by atoms with van der Waals surface area (Å²) >= 11 is 3.60. The summed E-state index contributed by atoms with van der Waals surface area (Å²) < 4.78 is 1.40. The summed E-state index contributed by atoms with van der Waals surface area (Å²) in [5.41, 5.74) is 2.78. The Morgan fingerprint density at radius 1 is 1.16 bits per heavy atom. The molecule has 0 aliphatic carbocycles. The Kier molecular flexibility index (Phi) is 3.97. The molecule has 0 bridgehead atoms. The van der Waals surface area contributed by atoms with Crippen molar-refractivity contribution in [1.29, 1.82) is 0 Å². The Labute approximate surface area is 121 Å². The molecule has 0 saturated carbocycles. The van der Waals surface area contributed by atoms with Crippen LogP contribution in [0.3, 0.4) is 0 Å². The van der Waals surface area contributed by atoms with E-state index in [1.807, 2.05) is 11.3 Å². The summed E-state index contributed by atoms with van der Waals surface area (Å²) in [6.45, 7) is 3.26. The molecule has 1 N–H and O–H groups in total. The van der Waals surface area contributed by atoms with Gasteiger partial charge in [0.05, 0.1) is 6.04 Å². The molecule has 1 aromatic carbocycles. The summed E-state index contributed by atoms with van der Waals surface area (Å²) in [5.74, 6) is 0. The molecule has 3 aromatic rings. The highest BCUT2D eigenvalue weighted by Gasteiger charge is 2.16. The van der Waals surface area contributed by atoms with Gasteiger partial charge in [0.2, 0.25) is 0 Å².